The molecule has 0 bridgehead atoms. The number of nitrogens with two attached hydrogens (primary N) is 1. The summed E-state index contributed by atoms with van der Waals surface area (Å²) in [4.78, 5) is 0. The Morgan fingerprint density at radius 1 is 1.35 bits per heavy atom. The van der Waals surface area contributed by atoms with Gasteiger partial charge in [0.1, 0.15) is 6.61 Å². The Hall–Kier alpha value is -0.780. The first-order valence-electron chi connectivity index (χ1n) is 7.14. The minimum Gasteiger partial charge on any atom is -0.490 e. The van der Waals surface area contributed by atoms with E-state index in [2.05, 4.69) is 15.9 Å². The molecule has 112 valence electrons. The van der Waals surface area contributed by atoms with Crippen molar-refractivity contribution >= 4 is 15.9 Å². The summed E-state index contributed by atoms with van der Waals surface area (Å²) in [6, 6.07) is 3.91. The molecule has 0 saturated carbocycles. The molecule has 1 aromatic rings. The zero-order valence-corrected chi connectivity index (χ0v) is 13.4. The number of hydrogen-bond donors (Lipinski definition) is 1. The van der Waals surface area contributed by atoms with Gasteiger partial charge in [-0.2, -0.15) is 0 Å². The Kier molecular flexibility index (Phi) is 6.13. The van der Waals surface area contributed by atoms with Crippen LogP contribution in [-0.4, -0.2) is 25.9 Å². The van der Waals surface area contributed by atoms with Crippen molar-refractivity contribution in [3.05, 3.63) is 22.2 Å². The fourth-order valence-electron chi connectivity index (χ4n) is 2.26. The molecule has 0 radical (unpaired) electrons. The minimum atomic E-state index is 0.180. The van der Waals surface area contributed by atoms with Crippen molar-refractivity contribution in [2.75, 3.05) is 19.8 Å². The first kappa shape index (κ1) is 15.6. The fraction of sp³-hybridized carbons (Fsp3) is 0.600. The van der Waals surface area contributed by atoms with Crippen LogP contribution in [0.15, 0.2) is 16.6 Å². The fourth-order valence-corrected chi connectivity index (χ4v) is 2.86. The van der Waals surface area contributed by atoms with E-state index < -0.39 is 0 Å². The molecule has 1 unspecified atom stereocenters. The molecule has 4 nitrogen and oxygen atoms in total. The van der Waals surface area contributed by atoms with Crippen molar-refractivity contribution in [2.24, 2.45) is 5.73 Å². The van der Waals surface area contributed by atoms with Crippen LogP contribution in [0.2, 0.25) is 0 Å². The molecule has 1 aromatic carbocycles. The summed E-state index contributed by atoms with van der Waals surface area (Å²) in [6.45, 7) is 4.42. The highest BCUT2D eigenvalue weighted by Gasteiger charge is 2.17. The first-order chi connectivity index (χ1) is 9.74. The maximum atomic E-state index is 5.92. The van der Waals surface area contributed by atoms with Crippen molar-refractivity contribution < 1.29 is 14.2 Å². The molecule has 0 amide bonds. The SMILES string of the molecule is CCOc1cc(CN)cc(Br)c1OCC1CCCCO1. The molecule has 0 aromatic heterocycles. The monoisotopic (exact) mass is 343 g/mol. The zero-order chi connectivity index (χ0) is 14.4. The zero-order valence-electron chi connectivity index (χ0n) is 11.9. The highest BCUT2D eigenvalue weighted by Crippen LogP contribution is 2.37. The first-order valence-corrected chi connectivity index (χ1v) is 7.93. The van der Waals surface area contributed by atoms with Crippen LogP contribution in [0.3, 0.4) is 0 Å². The van der Waals surface area contributed by atoms with E-state index >= 15 is 0 Å². The number of ether oxygens (including phenoxy) is 3. The predicted molar refractivity (Wildman–Crippen MR) is 82.3 cm³/mol. The van der Waals surface area contributed by atoms with Crippen molar-refractivity contribution in [2.45, 2.75) is 38.8 Å². The summed E-state index contributed by atoms with van der Waals surface area (Å²) in [5.74, 6) is 1.47. The molecule has 20 heavy (non-hydrogen) atoms. The van der Waals surface area contributed by atoms with Gasteiger partial charge >= 0.3 is 0 Å². The third-order valence-electron chi connectivity index (χ3n) is 3.29. The standard InChI is InChI=1S/C15H22BrNO3/c1-2-18-14-8-11(9-17)7-13(16)15(14)20-10-12-5-3-4-6-19-12/h7-8,12H,2-6,9-10,17H2,1H3. The average Bonchev–Trinajstić information content (AvgIpc) is 2.47. The van der Waals surface area contributed by atoms with Gasteiger partial charge < -0.3 is 19.9 Å². The number of rotatable bonds is 6. The Bertz CT molecular complexity index is 433. The molecular formula is C15H22BrNO3. The van der Waals surface area contributed by atoms with Gasteiger partial charge in [-0.1, -0.05) is 0 Å². The predicted octanol–water partition coefficient (Wildman–Crippen LogP) is 3.25. The van der Waals surface area contributed by atoms with Crippen LogP contribution in [0.1, 0.15) is 31.7 Å². The Morgan fingerprint density at radius 3 is 2.85 bits per heavy atom. The second kappa shape index (κ2) is 7.86. The van der Waals surface area contributed by atoms with E-state index in [1.807, 2.05) is 19.1 Å². The Labute approximate surface area is 128 Å². The van der Waals surface area contributed by atoms with E-state index in [9.17, 15) is 0 Å². The van der Waals surface area contributed by atoms with Crippen molar-refractivity contribution in [1.29, 1.82) is 0 Å². The van der Waals surface area contributed by atoms with Gasteiger partial charge in [0.15, 0.2) is 11.5 Å². The lowest BCUT2D eigenvalue weighted by atomic mass is 10.1. The van der Waals surface area contributed by atoms with Crippen LogP contribution >= 0.6 is 15.9 Å². The van der Waals surface area contributed by atoms with Gasteiger partial charge in [-0.15, -0.1) is 0 Å². The number of hydrogen-bond acceptors (Lipinski definition) is 4. The third-order valence-corrected chi connectivity index (χ3v) is 3.88. The maximum absolute atomic E-state index is 5.92. The third kappa shape index (κ3) is 4.11. The van der Waals surface area contributed by atoms with Gasteiger partial charge in [-0.05, 0) is 59.8 Å². The summed E-state index contributed by atoms with van der Waals surface area (Å²) in [5.41, 5.74) is 6.70. The quantitative estimate of drug-likeness (QED) is 0.861. The second-order valence-electron chi connectivity index (χ2n) is 4.84. The van der Waals surface area contributed by atoms with E-state index in [0.717, 1.165) is 41.0 Å². The lowest BCUT2D eigenvalue weighted by Crippen LogP contribution is -2.26. The van der Waals surface area contributed by atoms with Gasteiger partial charge in [0, 0.05) is 13.2 Å². The summed E-state index contributed by atoms with van der Waals surface area (Å²) in [6.07, 6.45) is 3.59. The van der Waals surface area contributed by atoms with Crippen LogP contribution in [0.25, 0.3) is 0 Å². The Morgan fingerprint density at radius 2 is 2.20 bits per heavy atom. The molecule has 1 saturated heterocycles. The second-order valence-corrected chi connectivity index (χ2v) is 5.70. The highest BCUT2D eigenvalue weighted by molar-refractivity contribution is 9.10. The summed E-state index contributed by atoms with van der Waals surface area (Å²) >= 11 is 3.53. The molecule has 0 aliphatic carbocycles. The van der Waals surface area contributed by atoms with E-state index in [1.54, 1.807) is 0 Å². The van der Waals surface area contributed by atoms with E-state index in [-0.39, 0.29) is 6.10 Å². The molecule has 1 atom stereocenters. The van der Waals surface area contributed by atoms with Crippen molar-refractivity contribution in [1.82, 2.24) is 0 Å². The van der Waals surface area contributed by atoms with Crippen LogP contribution in [0, 0.1) is 0 Å². The number of halogens is 1. The number of benzene rings is 1. The van der Waals surface area contributed by atoms with Crippen LogP contribution in [0.5, 0.6) is 11.5 Å². The highest BCUT2D eigenvalue weighted by atomic mass is 79.9. The molecule has 1 aliphatic heterocycles. The maximum Gasteiger partial charge on any atom is 0.175 e. The molecule has 2 rings (SSSR count). The lowest BCUT2D eigenvalue weighted by molar-refractivity contribution is -0.0117. The smallest absolute Gasteiger partial charge is 0.175 e. The van der Waals surface area contributed by atoms with Gasteiger partial charge in [-0.3, -0.25) is 0 Å². The minimum absolute atomic E-state index is 0.180. The van der Waals surface area contributed by atoms with Gasteiger partial charge in [0.25, 0.3) is 0 Å². The summed E-state index contributed by atoms with van der Waals surface area (Å²) in [5, 5.41) is 0. The molecule has 5 heteroatoms. The van der Waals surface area contributed by atoms with E-state index in [4.69, 9.17) is 19.9 Å². The topological polar surface area (TPSA) is 53.7 Å². The summed E-state index contributed by atoms with van der Waals surface area (Å²) < 4.78 is 18.1. The molecule has 1 aliphatic rings. The molecule has 1 heterocycles. The van der Waals surface area contributed by atoms with Crippen molar-refractivity contribution in [3.8, 4) is 11.5 Å². The van der Waals surface area contributed by atoms with Gasteiger partial charge in [0.2, 0.25) is 0 Å². The molecule has 1 fully saturated rings. The lowest BCUT2D eigenvalue weighted by Gasteiger charge is -2.23. The molecular weight excluding hydrogens is 322 g/mol. The van der Waals surface area contributed by atoms with Crippen LogP contribution in [0.4, 0.5) is 0 Å². The van der Waals surface area contributed by atoms with E-state index in [0.29, 0.717) is 19.8 Å². The van der Waals surface area contributed by atoms with E-state index in [1.165, 1.54) is 6.42 Å². The van der Waals surface area contributed by atoms with Crippen molar-refractivity contribution in [3.63, 3.8) is 0 Å². The van der Waals surface area contributed by atoms with Crippen LogP contribution in [-0.2, 0) is 11.3 Å². The van der Waals surface area contributed by atoms with Gasteiger partial charge in [-0.25, -0.2) is 0 Å². The Balaban J connectivity index is 2.08. The average molecular weight is 344 g/mol. The molecule has 2 N–H and O–H groups in total. The van der Waals surface area contributed by atoms with Gasteiger partial charge in [0.05, 0.1) is 17.2 Å². The normalized spacial score (nSPS) is 18.9. The summed E-state index contributed by atoms with van der Waals surface area (Å²) in [7, 11) is 0. The molecule has 0 spiro atoms. The largest absolute Gasteiger partial charge is 0.490 e. The van der Waals surface area contributed by atoms with Crippen LogP contribution < -0.4 is 15.2 Å².